The van der Waals surface area contributed by atoms with Crippen molar-refractivity contribution in [2.45, 2.75) is 12.5 Å². The van der Waals surface area contributed by atoms with Gasteiger partial charge in [-0.25, -0.2) is 8.42 Å². The van der Waals surface area contributed by atoms with Gasteiger partial charge in [0.05, 0.1) is 29.3 Å². The molecule has 0 bridgehead atoms. The van der Waals surface area contributed by atoms with E-state index in [-0.39, 0.29) is 17.5 Å². The Kier molecular flexibility index (Phi) is 2.16. The van der Waals surface area contributed by atoms with Crippen LogP contribution in [0.25, 0.3) is 10.9 Å². The minimum absolute atomic E-state index is 0.0562. The lowest BCUT2D eigenvalue weighted by Gasteiger charge is -2.10. The number of benzene rings is 1. The van der Waals surface area contributed by atoms with Crippen molar-refractivity contribution in [1.29, 1.82) is 0 Å². The molecule has 1 aromatic heterocycles. The first-order chi connectivity index (χ1) is 8.05. The lowest BCUT2D eigenvalue weighted by molar-refractivity contribution is 0.515. The number of hydrogen-bond acceptors (Lipinski definition) is 4. The SMILES string of the molecule is Nc1ccc2cnn(C3CCS(=O)(=O)C3)c2c1. The molecule has 1 atom stereocenters. The predicted octanol–water partition coefficient (Wildman–Crippen LogP) is 0.978. The van der Waals surface area contributed by atoms with Gasteiger partial charge in [-0.05, 0) is 24.6 Å². The molecular weight excluding hydrogens is 238 g/mol. The number of anilines is 1. The highest BCUT2D eigenvalue weighted by atomic mass is 32.2. The minimum atomic E-state index is -2.89. The lowest BCUT2D eigenvalue weighted by atomic mass is 10.2. The van der Waals surface area contributed by atoms with E-state index < -0.39 is 9.84 Å². The van der Waals surface area contributed by atoms with Crippen molar-refractivity contribution in [1.82, 2.24) is 9.78 Å². The Morgan fingerprint density at radius 1 is 1.41 bits per heavy atom. The minimum Gasteiger partial charge on any atom is -0.399 e. The summed E-state index contributed by atoms with van der Waals surface area (Å²) in [5, 5.41) is 5.27. The number of nitrogens with zero attached hydrogens (tertiary/aromatic N) is 2. The Morgan fingerprint density at radius 2 is 2.24 bits per heavy atom. The van der Waals surface area contributed by atoms with E-state index in [9.17, 15) is 8.42 Å². The zero-order valence-corrected chi connectivity index (χ0v) is 10.0. The fourth-order valence-corrected chi connectivity index (χ4v) is 4.01. The van der Waals surface area contributed by atoms with Crippen LogP contribution in [0.4, 0.5) is 5.69 Å². The van der Waals surface area contributed by atoms with Crippen molar-refractivity contribution in [3.63, 3.8) is 0 Å². The van der Waals surface area contributed by atoms with E-state index in [1.54, 1.807) is 10.9 Å². The standard InChI is InChI=1S/C11H13N3O2S/c12-9-2-1-8-6-13-14(11(8)5-9)10-3-4-17(15,16)7-10/h1-2,5-6,10H,3-4,7,12H2. The third-order valence-corrected chi connectivity index (χ3v) is 4.93. The second kappa shape index (κ2) is 3.46. The molecule has 0 aliphatic carbocycles. The lowest BCUT2D eigenvalue weighted by Crippen LogP contribution is -2.12. The van der Waals surface area contributed by atoms with Gasteiger partial charge in [0.2, 0.25) is 0 Å². The second-order valence-electron chi connectivity index (χ2n) is 4.46. The number of fused-ring (bicyclic) bond motifs is 1. The summed E-state index contributed by atoms with van der Waals surface area (Å²) in [4.78, 5) is 0. The summed E-state index contributed by atoms with van der Waals surface area (Å²) in [5.41, 5.74) is 7.32. The number of hydrogen-bond donors (Lipinski definition) is 1. The molecule has 2 aromatic rings. The monoisotopic (exact) mass is 251 g/mol. The molecule has 0 radical (unpaired) electrons. The van der Waals surface area contributed by atoms with Gasteiger partial charge >= 0.3 is 0 Å². The zero-order valence-electron chi connectivity index (χ0n) is 9.20. The van der Waals surface area contributed by atoms with Crippen LogP contribution >= 0.6 is 0 Å². The third kappa shape index (κ3) is 1.78. The van der Waals surface area contributed by atoms with Crippen LogP contribution in [-0.2, 0) is 9.84 Å². The number of aromatic nitrogens is 2. The van der Waals surface area contributed by atoms with Crippen molar-refractivity contribution < 1.29 is 8.42 Å². The van der Waals surface area contributed by atoms with E-state index >= 15 is 0 Å². The van der Waals surface area contributed by atoms with Gasteiger partial charge in [0, 0.05) is 11.1 Å². The molecule has 2 N–H and O–H groups in total. The molecule has 5 nitrogen and oxygen atoms in total. The van der Waals surface area contributed by atoms with Gasteiger partial charge < -0.3 is 5.73 Å². The number of sulfone groups is 1. The average molecular weight is 251 g/mol. The van der Waals surface area contributed by atoms with Crippen molar-refractivity contribution in [3.05, 3.63) is 24.4 Å². The fourth-order valence-electron chi connectivity index (χ4n) is 2.31. The summed E-state index contributed by atoms with van der Waals surface area (Å²) in [6, 6.07) is 5.50. The predicted molar refractivity (Wildman–Crippen MR) is 66.5 cm³/mol. The van der Waals surface area contributed by atoms with Gasteiger partial charge in [-0.15, -0.1) is 0 Å². The summed E-state index contributed by atoms with van der Waals surface area (Å²) in [6.45, 7) is 0. The summed E-state index contributed by atoms with van der Waals surface area (Å²) in [7, 11) is -2.89. The first-order valence-corrected chi connectivity index (χ1v) is 7.30. The molecule has 1 aliphatic heterocycles. The van der Waals surface area contributed by atoms with Crippen LogP contribution in [0.2, 0.25) is 0 Å². The topological polar surface area (TPSA) is 78.0 Å². The van der Waals surface area contributed by atoms with Gasteiger partial charge in [0.15, 0.2) is 9.84 Å². The highest BCUT2D eigenvalue weighted by Gasteiger charge is 2.30. The summed E-state index contributed by atoms with van der Waals surface area (Å²) in [5.74, 6) is 0.430. The Balaban J connectivity index is 2.09. The van der Waals surface area contributed by atoms with Crippen molar-refractivity contribution in [2.75, 3.05) is 17.2 Å². The molecule has 2 heterocycles. The molecule has 3 rings (SSSR count). The van der Waals surface area contributed by atoms with E-state index in [4.69, 9.17) is 5.73 Å². The molecule has 0 amide bonds. The van der Waals surface area contributed by atoms with E-state index in [1.165, 1.54) is 0 Å². The van der Waals surface area contributed by atoms with Gasteiger partial charge in [-0.2, -0.15) is 5.10 Å². The van der Waals surface area contributed by atoms with E-state index in [1.807, 2.05) is 18.2 Å². The first-order valence-electron chi connectivity index (χ1n) is 5.48. The number of nitrogens with two attached hydrogens (primary N) is 1. The van der Waals surface area contributed by atoms with Crippen molar-refractivity contribution in [3.8, 4) is 0 Å². The van der Waals surface area contributed by atoms with Crippen LogP contribution in [0, 0.1) is 0 Å². The molecule has 1 fully saturated rings. The highest BCUT2D eigenvalue weighted by molar-refractivity contribution is 7.91. The van der Waals surface area contributed by atoms with Crippen LogP contribution in [0.5, 0.6) is 0 Å². The van der Waals surface area contributed by atoms with Crippen LogP contribution in [-0.4, -0.2) is 29.7 Å². The normalized spacial score (nSPS) is 23.2. The maximum absolute atomic E-state index is 11.5. The molecule has 6 heteroatoms. The third-order valence-electron chi connectivity index (χ3n) is 3.18. The van der Waals surface area contributed by atoms with Crippen LogP contribution in [0.3, 0.4) is 0 Å². The zero-order chi connectivity index (χ0) is 12.0. The van der Waals surface area contributed by atoms with Gasteiger partial charge in [0.25, 0.3) is 0 Å². The van der Waals surface area contributed by atoms with Crippen LogP contribution < -0.4 is 5.73 Å². The Labute approximate surface area is 99.1 Å². The summed E-state index contributed by atoms with van der Waals surface area (Å²) in [6.07, 6.45) is 2.38. The summed E-state index contributed by atoms with van der Waals surface area (Å²) >= 11 is 0. The fraction of sp³-hybridized carbons (Fsp3) is 0.364. The molecular formula is C11H13N3O2S. The molecule has 0 spiro atoms. The molecule has 1 saturated heterocycles. The average Bonchev–Trinajstić information content (AvgIpc) is 2.81. The Bertz CT molecular complexity index is 675. The Hall–Kier alpha value is -1.56. The number of rotatable bonds is 1. The van der Waals surface area contributed by atoms with Crippen LogP contribution in [0.1, 0.15) is 12.5 Å². The maximum Gasteiger partial charge on any atom is 0.152 e. The quantitative estimate of drug-likeness (QED) is 0.766. The van der Waals surface area contributed by atoms with Gasteiger partial charge in [-0.3, -0.25) is 4.68 Å². The van der Waals surface area contributed by atoms with Crippen LogP contribution in [0.15, 0.2) is 24.4 Å². The van der Waals surface area contributed by atoms with E-state index in [2.05, 4.69) is 5.10 Å². The van der Waals surface area contributed by atoms with E-state index in [0.29, 0.717) is 12.1 Å². The first kappa shape index (κ1) is 10.6. The Morgan fingerprint density at radius 3 is 2.94 bits per heavy atom. The van der Waals surface area contributed by atoms with Crippen molar-refractivity contribution >= 4 is 26.4 Å². The largest absolute Gasteiger partial charge is 0.399 e. The van der Waals surface area contributed by atoms with E-state index in [0.717, 1.165) is 10.9 Å². The summed E-state index contributed by atoms with van der Waals surface area (Å²) < 4.78 is 24.7. The molecule has 1 aliphatic rings. The molecule has 90 valence electrons. The highest BCUT2D eigenvalue weighted by Crippen LogP contribution is 2.27. The second-order valence-corrected chi connectivity index (χ2v) is 6.69. The molecule has 1 unspecified atom stereocenters. The molecule has 17 heavy (non-hydrogen) atoms. The molecule has 1 aromatic carbocycles. The van der Waals surface area contributed by atoms with Gasteiger partial charge in [0.1, 0.15) is 0 Å². The number of nitrogen functional groups attached to an aromatic ring is 1. The maximum atomic E-state index is 11.5. The molecule has 0 saturated carbocycles. The van der Waals surface area contributed by atoms with Crippen molar-refractivity contribution in [2.24, 2.45) is 0 Å². The van der Waals surface area contributed by atoms with Gasteiger partial charge in [-0.1, -0.05) is 0 Å². The smallest absolute Gasteiger partial charge is 0.152 e.